The molecule has 0 aliphatic heterocycles. The van der Waals surface area contributed by atoms with Crippen LogP contribution in [0.4, 0.5) is 4.79 Å². The van der Waals surface area contributed by atoms with Gasteiger partial charge in [0.05, 0.1) is 13.0 Å². The van der Waals surface area contributed by atoms with E-state index in [1.807, 2.05) is 0 Å². The number of ether oxygens (including phenoxy) is 4. The van der Waals surface area contributed by atoms with Crippen molar-refractivity contribution in [1.82, 2.24) is 0 Å². The van der Waals surface area contributed by atoms with Crippen molar-refractivity contribution < 1.29 is 33.3 Å². The van der Waals surface area contributed by atoms with Crippen LogP contribution in [0.15, 0.2) is 12.7 Å². The van der Waals surface area contributed by atoms with Gasteiger partial charge in [0.1, 0.15) is 19.3 Å². The molecule has 0 bridgehead atoms. The van der Waals surface area contributed by atoms with Gasteiger partial charge < -0.3 is 18.9 Å². The van der Waals surface area contributed by atoms with Gasteiger partial charge in [-0.2, -0.15) is 0 Å². The summed E-state index contributed by atoms with van der Waals surface area (Å²) in [5.41, 5.74) is 0. The normalized spacial score (nSPS) is 21.0. The fourth-order valence-corrected chi connectivity index (χ4v) is 2.08. The molecule has 7 heteroatoms. The molecule has 1 rings (SSSR count). The largest absolute Gasteiger partial charge is 0.508 e. The Hall–Kier alpha value is -2.05. The SMILES string of the molecule is C=CC(=O)OCCOC(=O)OC1CCC(C(=O)OC)CC1. The van der Waals surface area contributed by atoms with E-state index in [2.05, 4.69) is 16.1 Å². The quantitative estimate of drug-likeness (QED) is 0.318. The van der Waals surface area contributed by atoms with Crippen molar-refractivity contribution in [2.24, 2.45) is 5.92 Å². The van der Waals surface area contributed by atoms with Crippen LogP contribution in [-0.2, 0) is 28.5 Å². The molecule has 0 spiro atoms. The van der Waals surface area contributed by atoms with Gasteiger partial charge in [-0.1, -0.05) is 6.58 Å². The highest BCUT2D eigenvalue weighted by molar-refractivity contribution is 5.81. The Morgan fingerprint density at radius 3 is 2.29 bits per heavy atom. The van der Waals surface area contributed by atoms with Gasteiger partial charge in [-0.15, -0.1) is 0 Å². The highest BCUT2D eigenvalue weighted by Crippen LogP contribution is 2.27. The predicted molar refractivity (Wildman–Crippen MR) is 71.4 cm³/mol. The average molecular weight is 300 g/mol. The second-order valence-corrected chi connectivity index (χ2v) is 4.58. The predicted octanol–water partition coefficient (Wildman–Crippen LogP) is 1.60. The summed E-state index contributed by atoms with van der Waals surface area (Å²) >= 11 is 0. The number of methoxy groups -OCH3 is 1. The molecule has 0 aromatic carbocycles. The van der Waals surface area contributed by atoms with E-state index in [0.29, 0.717) is 25.7 Å². The first-order chi connectivity index (χ1) is 10.1. The third-order valence-electron chi connectivity index (χ3n) is 3.19. The van der Waals surface area contributed by atoms with E-state index in [1.54, 1.807) is 0 Å². The molecule has 0 N–H and O–H groups in total. The van der Waals surface area contributed by atoms with E-state index in [0.717, 1.165) is 6.08 Å². The summed E-state index contributed by atoms with van der Waals surface area (Å²) in [6, 6.07) is 0. The molecule has 0 heterocycles. The van der Waals surface area contributed by atoms with Crippen LogP contribution >= 0.6 is 0 Å². The van der Waals surface area contributed by atoms with Crippen LogP contribution in [-0.4, -0.2) is 44.5 Å². The maximum absolute atomic E-state index is 11.4. The molecule has 0 saturated heterocycles. The van der Waals surface area contributed by atoms with Crippen LogP contribution in [0.5, 0.6) is 0 Å². The Kier molecular flexibility index (Phi) is 7.28. The van der Waals surface area contributed by atoms with Gasteiger partial charge in [-0.25, -0.2) is 9.59 Å². The topological polar surface area (TPSA) is 88.1 Å². The molecule has 0 atom stereocenters. The summed E-state index contributed by atoms with van der Waals surface area (Å²) in [5.74, 6) is -0.919. The molecule has 7 nitrogen and oxygen atoms in total. The first-order valence-corrected chi connectivity index (χ1v) is 6.77. The van der Waals surface area contributed by atoms with Crippen LogP contribution in [0.2, 0.25) is 0 Å². The van der Waals surface area contributed by atoms with Crippen molar-refractivity contribution >= 4 is 18.1 Å². The summed E-state index contributed by atoms with van der Waals surface area (Å²) in [5, 5.41) is 0. The van der Waals surface area contributed by atoms with E-state index in [1.165, 1.54) is 7.11 Å². The Bertz CT molecular complexity index is 383. The van der Waals surface area contributed by atoms with Gasteiger partial charge in [0.25, 0.3) is 0 Å². The van der Waals surface area contributed by atoms with Gasteiger partial charge in [0, 0.05) is 6.08 Å². The van der Waals surface area contributed by atoms with Gasteiger partial charge in [0.2, 0.25) is 0 Å². The standard InChI is InChI=1S/C14H20O7/c1-3-12(15)19-8-9-20-14(17)21-11-6-4-10(5-7-11)13(16)18-2/h3,10-11H,1,4-9H2,2H3. The van der Waals surface area contributed by atoms with Crippen LogP contribution in [0.25, 0.3) is 0 Å². The maximum atomic E-state index is 11.4. The number of carbonyl (C=O) groups excluding carboxylic acids is 3. The van der Waals surface area contributed by atoms with Gasteiger partial charge in [0.15, 0.2) is 0 Å². The molecule has 1 aliphatic rings. The van der Waals surface area contributed by atoms with Crippen molar-refractivity contribution in [3.8, 4) is 0 Å². The zero-order chi connectivity index (χ0) is 15.7. The minimum atomic E-state index is -0.800. The lowest BCUT2D eigenvalue weighted by Gasteiger charge is -2.26. The number of carbonyl (C=O) groups is 3. The molecule has 21 heavy (non-hydrogen) atoms. The van der Waals surface area contributed by atoms with Crippen molar-refractivity contribution in [3.63, 3.8) is 0 Å². The van der Waals surface area contributed by atoms with Gasteiger partial charge in [-0.3, -0.25) is 4.79 Å². The molecular weight excluding hydrogens is 280 g/mol. The third-order valence-corrected chi connectivity index (χ3v) is 3.19. The van der Waals surface area contributed by atoms with E-state index in [4.69, 9.17) is 9.47 Å². The zero-order valence-electron chi connectivity index (χ0n) is 12.0. The third kappa shape index (κ3) is 6.29. The highest BCUT2D eigenvalue weighted by atomic mass is 16.7. The molecule has 0 unspecified atom stereocenters. The summed E-state index contributed by atoms with van der Waals surface area (Å²) in [6.07, 6.45) is 2.42. The van der Waals surface area contributed by atoms with E-state index in [-0.39, 0.29) is 31.2 Å². The van der Waals surface area contributed by atoms with Crippen molar-refractivity contribution in [1.29, 1.82) is 0 Å². The van der Waals surface area contributed by atoms with Crippen molar-refractivity contribution in [2.75, 3.05) is 20.3 Å². The Labute approximate surface area is 123 Å². The molecule has 1 aliphatic carbocycles. The van der Waals surface area contributed by atoms with Gasteiger partial charge in [-0.05, 0) is 25.7 Å². The molecule has 0 aromatic rings. The second kappa shape index (κ2) is 8.99. The minimum Gasteiger partial charge on any atom is -0.469 e. The Balaban J connectivity index is 2.14. The molecule has 0 aromatic heterocycles. The van der Waals surface area contributed by atoms with Crippen LogP contribution < -0.4 is 0 Å². The summed E-state index contributed by atoms with van der Waals surface area (Å²) in [4.78, 5) is 33.5. The van der Waals surface area contributed by atoms with Crippen LogP contribution in [0.1, 0.15) is 25.7 Å². The lowest BCUT2D eigenvalue weighted by atomic mass is 9.87. The lowest BCUT2D eigenvalue weighted by molar-refractivity contribution is -0.147. The van der Waals surface area contributed by atoms with Crippen LogP contribution in [0.3, 0.4) is 0 Å². The average Bonchev–Trinajstić information content (AvgIpc) is 2.51. The van der Waals surface area contributed by atoms with Crippen LogP contribution in [0, 0.1) is 5.92 Å². The molecule has 118 valence electrons. The second-order valence-electron chi connectivity index (χ2n) is 4.58. The Morgan fingerprint density at radius 1 is 1.10 bits per heavy atom. The molecule has 1 fully saturated rings. The van der Waals surface area contributed by atoms with E-state index in [9.17, 15) is 14.4 Å². The first kappa shape index (κ1) is 17.0. The smallest absolute Gasteiger partial charge is 0.469 e. The summed E-state index contributed by atoms with van der Waals surface area (Å²) in [7, 11) is 1.36. The Morgan fingerprint density at radius 2 is 1.71 bits per heavy atom. The molecule has 0 radical (unpaired) electrons. The monoisotopic (exact) mass is 300 g/mol. The number of rotatable bonds is 6. The number of hydrogen-bond donors (Lipinski definition) is 0. The minimum absolute atomic E-state index is 0.0466. The molecule has 1 saturated carbocycles. The fourth-order valence-electron chi connectivity index (χ4n) is 2.08. The number of esters is 2. The van der Waals surface area contributed by atoms with Crippen molar-refractivity contribution in [3.05, 3.63) is 12.7 Å². The lowest BCUT2D eigenvalue weighted by Crippen LogP contribution is -2.29. The maximum Gasteiger partial charge on any atom is 0.508 e. The molecule has 0 amide bonds. The number of hydrogen-bond acceptors (Lipinski definition) is 7. The molecular formula is C14H20O7. The van der Waals surface area contributed by atoms with E-state index >= 15 is 0 Å². The van der Waals surface area contributed by atoms with E-state index < -0.39 is 12.1 Å². The highest BCUT2D eigenvalue weighted by Gasteiger charge is 2.29. The fraction of sp³-hybridized carbons (Fsp3) is 0.643. The van der Waals surface area contributed by atoms with Gasteiger partial charge >= 0.3 is 18.1 Å². The summed E-state index contributed by atoms with van der Waals surface area (Å²) < 4.78 is 19.2. The van der Waals surface area contributed by atoms with Crippen molar-refractivity contribution in [2.45, 2.75) is 31.8 Å². The zero-order valence-corrected chi connectivity index (χ0v) is 12.0. The summed E-state index contributed by atoms with van der Waals surface area (Å²) in [6.45, 7) is 3.12. The first-order valence-electron chi connectivity index (χ1n) is 6.77.